The zero-order valence-corrected chi connectivity index (χ0v) is 20.1. The number of aryl methyl sites for hydroxylation is 1. The van der Waals surface area contributed by atoms with Gasteiger partial charge >= 0.3 is 0 Å². The number of rotatable bonds is 7. The molecule has 1 aromatic carbocycles. The van der Waals surface area contributed by atoms with Crippen molar-refractivity contribution in [1.82, 2.24) is 15.4 Å². The zero-order valence-electron chi connectivity index (χ0n) is 19.3. The number of hydrogen-bond donors (Lipinski definition) is 2. The maximum absolute atomic E-state index is 13.1. The highest BCUT2D eigenvalue weighted by Gasteiger charge is 2.17. The van der Waals surface area contributed by atoms with Gasteiger partial charge in [0.05, 0.1) is 17.5 Å². The second-order valence-corrected chi connectivity index (χ2v) is 8.83. The number of carbonyl (C=O) groups excluding carboxylic acids is 2. The van der Waals surface area contributed by atoms with Crippen LogP contribution in [0.4, 0.5) is 4.39 Å². The Hall–Kier alpha value is -3.74. The summed E-state index contributed by atoms with van der Waals surface area (Å²) in [6.07, 6.45) is 1.50. The number of hydrogen-bond acceptors (Lipinski definition) is 5. The van der Waals surface area contributed by atoms with Gasteiger partial charge in [0, 0.05) is 23.4 Å². The molecule has 0 radical (unpaired) electrons. The fraction of sp³-hybridized carbons (Fsp3) is 0.240. The van der Waals surface area contributed by atoms with E-state index in [4.69, 9.17) is 4.74 Å². The van der Waals surface area contributed by atoms with Crippen molar-refractivity contribution < 1.29 is 18.7 Å². The predicted octanol–water partition coefficient (Wildman–Crippen LogP) is 4.55. The summed E-state index contributed by atoms with van der Waals surface area (Å²) in [5.41, 5.74) is 7.89. The van der Waals surface area contributed by atoms with Gasteiger partial charge in [0.2, 0.25) is 0 Å². The largest absolute Gasteiger partial charge is 0.383 e. The van der Waals surface area contributed by atoms with E-state index in [0.717, 1.165) is 27.4 Å². The zero-order chi connectivity index (χ0) is 24.8. The summed E-state index contributed by atoms with van der Waals surface area (Å²) >= 11 is 1.20. The molecule has 0 fully saturated rings. The fourth-order valence-corrected chi connectivity index (χ4v) is 4.63. The van der Waals surface area contributed by atoms with Crippen LogP contribution >= 0.6 is 11.3 Å². The highest BCUT2D eigenvalue weighted by atomic mass is 32.1. The highest BCUT2D eigenvalue weighted by Crippen LogP contribution is 2.28. The molecule has 1 unspecified atom stereocenters. The van der Waals surface area contributed by atoms with Crippen LogP contribution in [0.3, 0.4) is 0 Å². The van der Waals surface area contributed by atoms with Gasteiger partial charge in [-0.1, -0.05) is 12.1 Å². The molecular weight excluding hydrogens is 455 g/mol. The SMILES string of the molecule is COCC(C)n1c(C)cc(/C=C(/C#N)C(=O)NNC(=O)c2ccc(-c3ccc(F)cc3)s2)c1C. The van der Waals surface area contributed by atoms with Gasteiger partial charge < -0.3 is 9.30 Å². The Balaban J connectivity index is 1.69. The first-order chi connectivity index (χ1) is 16.2. The number of thiophene rings is 1. The summed E-state index contributed by atoms with van der Waals surface area (Å²) in [5, 5.41) is 9.51. The minimum absolute atomic E-state index is 0.0939. The molecule has 176 valence electrons. The topological polar surface area (TPSA) is 96.2 Å². The normalized spacial score (nSPS) is 12.2. The van der Waals surface area contributed by atoms with Crippen molar-refractivity contribution in [1.29, 1.82) is 5.26 Å². The molecule has 3 aromatic rings. The molecule has 0 saturated heterocycles. The molecule has 3 rings (SSSR count). The number of benzene rings is 1. The monoisotopic (exact) mass is 480 g/mol. The molecule has 2 heterocycles. The van der Waals surface area contributed by atoms with Crippen molar-refractivity contribution in [3.8, 4) is 16.5 Å². The molecule has 0 aliphatic rings. The molecule has 1 atom stereocenters. The van der Waals surface area contributed by atoms with E-state index in [1.807, 2.05) is 32.9 Å². The van der Waals surface area contributed by atoms with Gasteiger partial charge in [-0.25, -0.2) is 4.39 Å². The third-order valence-electron chi connectivity index (χ3n) is 5.29. The number of nitrogens with zero attached hydrogens (tertiary/aromatic N) is 2. The van der Waals surface area contributed by atoms with Gasteiger partial charge in [0.1, 0.15) is 17.5 Å². The van der Waals surface area contributed by atoms with Gasteiger partial charge in [-0.2, -0.15) is 5.26 Å². The first-order valence-corrected chi connectivity index (χ1v) is 11.3. The van der Waals surface area contributed by atoms with Gasteiger partial charge in [-0.3, -0.25) is 20.4 Å². The van der Waals surface area contributed by atoms with E-state index < -0.39 is 11.8 Å². The standard InChI is InChI=1S/C25H25FN4O3S/c1-15-11-19(17(3)30(15)16(2)14-33-4)12-20(13-27)24(31)28-29-25(32)23-10-9-22(34-23)18-5-7-21(26)8-6-18/h5-12,16H,14H2,1-4H3,(H,28,31)(H,29,32)/b20-12-. The molecule has 9 heteroatoms. The summed E-state index contributed by atoms with van der Waals surface area (Å²) < 4.78 is 20.4. The van der Waals surface area contributed by atoms with Crippen molar-refractivity contribution in [2.24, 2.45) is 0 Å². The third kappa shape index (κ3) is 5.60. The molecule has 0 saturated carbocycles. The molecule has 0 spiro atoms. The van der Waals surface area contributed by atoms with E-state index in [2.05, 4.69) is 15.4 Å². The van der Waals surface area contributed by atoms with Crippen LogP contribution in [-0.4, -0.2) is 30.1 Å². The molecule has 2 N–H and O–H groups in total. The maximum atomic E-state index is 13.1. The van der Waals surface area contributed by atoms with Gasteiger partial charge in [-0.15, -0.1) is 11.3 Å². The molecule has 0 bridgehead atoms. The second kappa shape index (κ2) is 10.9. The van der Waals surface area contributed by atoms with E-state index in [9.17, 15) is 19.2 Å². The summed E-state index contributed by atoms with van der Waals surface area (Å²) in [7, 11) is 1.64. The van der Waals surface area contributed by atoms with E-state index in [1.54, 1.807) is 31.4 Å². The molecule has 7 nitrogen and oxygen atoms in total. The van der Waals surface area contributed by atoms with E-state index >= 15 is 0 Å². The predicted molar refractivity (Wildman–Crippen MR) is 129 cm³/mol. The summed E-state index contributed by atoms with van der Waals surface area (Å²) in [5.74, 6) is -1.58. The number of methoxy groups -OCH3 is 1. The van der Waals surface area contributed by atoms with Crippen molar-refractivity contribution >= 4 is 29.2 Å². The van der Waals surface area contributed by atoms with Crippen LogP contribution in [0.2, 0.25) is 0 Å². The summed E-state index contributed by atoms with van der Waals surface area (Å²) in [6.45, 7) is 6.42. The molecule has 0 aliphatic carbocycles. The van der Waals surface area contributed by atoms with E-state index in [1.165, 1.54) is 29.5 Å². The molecular formula is C25H25FN4O3S. The maximum Gasteiger partial charge on any atom is 0.280 e. The Morgan fingerprint density at radius 1 is 1.21 bits per heavy atom. The molecule has 34 heavy (non-hydrogen) atoms. The minimum Gasteiger partial charge on any atom is -0.383 e. The number of carbonyl (C=O) groups is 2. The van der Waals surface area contributed by atoms with Crippen LogP contribution in [0.25, 0.3) is 16.5 Å². The minimum atomic E-state index is -0.721. The number of hydrazine groups is 1. The lowest BCUT2D eigenvalue weighted by atomic mass is 10.1. The number of ether oxygens (including phenoxy) is 1. The third-order valence-corrected chi connectivity index (χ3v) is 6.42. The number of halogens is 1. The van der Waals surface area contributed by atoms with Crippen LogP contribution in [0.1, 0.15) is 39.6 Å². The van der Waals surface area contributed by atoms with Crippen molar-refractivity contribution in [2.45, 2.75) is 26.8 Å². The number of aromatic nitrogens is 1. The van der Waals surface area contributed by atoms with Gasteiger partial charge in [0.25, 0.3) is 11.8 Å². The van der Waals surface area contributed by atoms with Crippen molar-refractivity contribution in [3.05, 3.63) is 75.7 Å². The fourth-order valence-electron chi connectivity index (χ4n) is 3.72. The molecule has 2 aromatic heterocycles. The Bertz CT molecular complexity index is 1270. The Kier molecular flexibility index (Phi) is 7.99. The van der Waals surface area contributed by atoms with Crippen molar-refractivity contribution in [3.63, 3.8) is 0 Å². The average molecular weight is 481 g/mol. The van der Waals surface area contributed by atoms with Gasteiger partial charge in [-0.05, 0) is 68.3 Å². The Morgan fingerprint density at radius 3 is 2.56 bits per heavy atom. The summed E-state index contributed by atoms with van der Waals surface area (Å²) in [6, 6.07) is 13.2. The van der Waals surface area contributed by atoms with Crippen LogP contribution in [0, 0.1) is 31.0 Å². The van der Waals surface area contributed by atoms with Crippen molar-refractivity contribution in [2.75, 3.05) is 13.7 Å². The lowest BCUT2D eigenvalue weighted by Gasteiger charge is -2.17. The molecule has 2 amide bonds. The van der Waals surface area contributed by atoms with Crippen LogP contribution in [-0.2, 0) is 9.53 Å². The van der Waals surface area contributed by atoms with Crippen LogP contribution in [0.15, 0.2) is 48.0 Å². The Morgan fingerprint density at radius 2 is 1.91 bits per heavy atom. The lowest BCUT2D eigenvalue weighted by Crippen LogP contribution is -2.41. The first-order valence-electron chi connectivity index (χ1n) is 10.5. The second-order valence-electron chi connectivity index (χ2n) is 7.75. The molecule has 0 aliphatic heterocycles. The lowest BCUT2D eigenvalue weighted by molar-refractivity contribution is -0.117. The quantitative estimate of drug-likeness (QED) is 0.295. The van der Waals surface area contributed by atoms with Crippen LogP contribution in [0.5, 0.6) is 0 Å². The summed E-state index contributed by atoms with van der Waals surface area (Å²) in [4.78, 5) is 26.1. The first kappa shape index (κ1) is 24.9. The average Bonchev–Trinajstić information content (AvgIpc) is 3.41. The smallest absolute Gasteiger partial charge is 0.280 e. The van der Waals surface area contributed by atoms with E-state index in [0.29, 0.717) is 11.5 Å². The van der Waals surface area contributed by atoms with Gasteiger partial charge in [0.15, 0.2) is 0 Å². The van der Waals surface area contributed by atoms with E-state index in [-0.39, 0.29) is 17.4 Å². The highest BCUT2D eigenvalue weighted by molar-refractivity contribution is 7.17. The Labute approximate surface area is 201 Å². The number of amides is 2. The number of nitriles is 1. The van der Waals surface area contributed by atoms with Crippen LogP contribution < -0.4 is 10.9 Å². The number of nitrogens with one attached hydrogen (secondary N) is 2.